The van der Waals surface area contributed by atoms with Gasteiger partial charge in [-0.3, -0.25) is 4.79 Å². The van der Waals surface area contributed by atoms with Crippen molar-refractivity contribution in [2.45, 2.75) is 64.2 Å². The molecule has 1 atom stereocenters. The molecule has 1 saturated carbocycles. The fourth-order valence-corrected chi connectivity index (χ4v) is 3.51. The van der Waals surface area contributed by atoms with Gasteiger partial charge in [0.2, 0.25) is 5.91 Å². The molecule has 3 nitrogen and oxygen atoms in total. The summed E-state index contributed by atoms with van der Waals surface area (Å²) in [6.45, 7) is 3.15. The van der Waals surface area contributed by atoms with Crippen molar-refractivity contribution in [3.8, 4) is 0 Å². The van der Waals surface area contributed by atoms with Crippen molar-refractivity contribution < 1.29 is 4.79 Å². The smallest absolute Gasteiger partial charge is 0.220 e. The number of hydrogen-bond acceptors (Lipinski definition) is 2. The van der Waals surface area contributed by atoms with Gasteiger partial charge in [-0.1, -0.05) is 25.7 Å². The Morgan fingerprint density at radius 3 is 2.58 bits per heavy atom. The van der Waals surface area contributed by atoms with Crippen molar-refractivity contribution in [3.05, 3.63) is 0 Å². The van der Waals surface area contributed by atoms with Gasteiger partial charge in [-0.2, -0.15) is 0 Å². The fourth-order valence-electron chi connectivity index (χ4n) is 3.51. The zero-order valence-electron chi connectivity index (χ0n) is 12.3. The number of rotatable bonds is 7. The highest BCUT2D eigenvalue weighted by Gasteiger charge is 2.15. The summed E-state index contributed by atoms with van der Waals surface area (Å²) < 4.78 is 0. The van der Waals surface area contributed by atoms with Gasteiger partial charge in [0.25, 0.3) is 0 Å². The molecular weight excluding hydrogens is 236 g/mol. The zero-order chi connectivity index (χ0) is 13.3. The first-order valence-corrected chi connectivity index (χ1v) is 8.32. The molecule has 110 valence electrons. The number of carbonyl (C=O) groups excluding carboxylic acids is 1. The van der Waals surface area contributed by atoms with E-state index in [9.17, 15) is 4.79 Å². The molecule has 1 heterocycles. The molecule has 19 heavy (non-hydrogen) atoms. The molecule has 0 radical (unpaired) electrons. The van der Waals surface area contributed by atoms with Gasteiger partial charge in [-0.25, -0.2) is 0 Å². The third-order valence-corrected chi connectivity index (χ3v) is 4.76. The summed E-state index contributed by atoms with van der Waals surface area (Å²) in [6, 6.07) is 0. The van der Waals surface area contributed by atoms with Crippen LogP contribution in [-0.4, -0.2) is 25.5 Å². The molecule has 0 aromatic heterocycles. The van der Waals surface area contributed by atoms with Crippen LogP contribution in [0.4, 0.5) is 0 Å². The molecule has 0 aromatic rings. The topological polar surface area (TPSA) is 41.1 Å². The summed E-state index contributed by atoms with van der Waals surface area (Å²) in [7, 11) is 0. The number of carbonyl (C=O) groups is 1. The van der Waals surface area contributed by atoms with E-state index in [0.717, 1.165) is 44.3 Å². The molecule has 1 amide bonds. The highest BCUT2D eigenvalue weighted by atomic mass is 16.1. The molecule has 0 bridgehead atoms. The van der Waals surface area contributed by atoms with Crippen LogP contribution in [-0.2, 0) is 4.79 Å². The Morgan fingerprint density at radius 1 is 1.05 bits per heavy atom. The maximum absolute atomic E-state index is 11.8. The summed E-state index contributed by atoms with van der Waals surface area (Å²) in [4.78, 5) is 11.8. The zero-order valence-corrected chi connectivity index (χ0v) is 12.3. The van der Waals surface area contributed by atoms with Crippen LogP contribution < -0.4 is 10.6 Å². The third-order valence-electron chi connectivity index (χ3n) is 4.76. The minimum Gasteiger partial charge on any atom is -0.356 e. The summed E-state index contributed by atoms with van der Waals surface area (Å²) in [5.74, 6) is 1.93. The van der Waals surface area contributed by atoms with Crippen LogP contribution in [0.1, 0.15) is 64.2 Å². The van der Waals surface area contributed by atoms with Gasteiger partial charge in [-0.05, 0) is 57.0 Å². The van der Waals surface area contributed by atoms with Gasteiger partial charge < -0.3 is 10.6 Å². The normalized spacial score (nSPS) is 24.5. The quantitative estimate of drug-likeness (QED) is 0.696. The van der Waals surface area contributed by atoms with Crippen molar-refractivity contribution in [1.82, 2.24) is 10.6 Å². The second kappa shape index (κ2) is 8.57. The average molecular weight is 266 g/mol. The SMILES string of the molecule is O=C(CCC1CCCNC1)NCCCC1CCCC1. The van der Waals surface area contributed by atoms with Crippen molar-refractivity contribution in [2.24, 2.45) is 11.8 Å². The Labute approximate surface area is 117 Å². The maximum Gasteiger partial charge on any atom is 0.220 e. The van der Waals surface area contributed by atoms with Crippen LogP contribution in [0.3, 0.4) is 0 Å². The van der Waals surface area contributed by atoms with E-state index in [1.54, 1.807) is 0 Å². The lowest BCUT2D eigenvalue weighted by molar-refractivity contribution is -0.121. The molecule has 0 spiro atoms. The van der Waals surface area contributed by atoms with Gasteiger partial charge in [0, 0.05) is 13.0 Å². The first-order chi connectivity index (χ1) is 9.34. The van der Waals surface area contributed by atoms with E-state index in [-0.39, 0.29) is 5.91 Å². The number of hydrogen-bond donors (Lipinski definition) is 2. The van der Waals surface area contributed by atoms with Crippen molar-refractivity contribution in [2.75, 3.05) is 19.6 Å². The van der Waals surface area contributed by atoms with Crippen LogP contribution in [0.2, 0.25) is 0 Å². The lowest BCUT2D eigenvalue weighted by atomic mass is 9.94. The molecule has 1 unspecified atom stereocenters. The second-order valence-electron chi connectivity index (χ2n) is 6.39. The fraction of sp³-hybridized carbons (Fsp3) is 0.938. The van der Waals surface area contributed by atoms with E-state index >= 15 is 0 Å². The Hall–Kier alpha value is -0.570. The summed E-state index contributed by atoms with van der Waals surface area (Å²) in [5.41, 5.74) is 0. The van der Waals surface area contributed by atoms with E-state index < -0.39 is 0 Å². The van der Waals surface area contributed by atoms with E-state index in [1.165, 1.54) is 51.4 Å². The average Bonchev–Trinajstić information content (AvgIpc) is 2.96. The molecule has 2 N–H and O–H groups in total. The predicted octanol–water partition coefficient (Wildman–Crippen LogP) is 2.85. The summed E-state index contributed by atoms with van der Waals surface area (Å²) in [5, 5.41) is 6.50. The maximum atomic E-state index is 11.8. The van der Waals surface area contributed by atoms with E-state index in [4.69, 9.17) is 0 Å². The van der Waals surface area contributed by atoms with Crippen molar-refractivity contribution in [3.63, 3.8) is 0 Å². The molecule has 1 aliphatic heterocycles. The Bertz CT molecular complexity index is 255. The first kappa shape index (κ1) is 14.8. The lowest BCUT2D eigenvalue weighted by Gasteiger charge is -2.22. The van der Waals surface area contributed by atoms with E-state index in [2.05, 4.69) is 10.6 Å². The van der Waals surface area contributed by atoms with Gasteiger partial charge in [0.15, 0.2) is 0 Å². The molecule has 3 heteroatoms. The molecular formula is C16H30N2O. The number of piperidine rings is 1. The van der Waals surface area contributed by atoms with Crippen LogP contribution >= 0.6 is 0 Å². The molecule has 1 aliphatic carbocycles. The van der Waals surface area contributed by atoms with E-state index in [1.807, 2.05) is 0 Å². The van der Waals surface area contributed by atoms with Crippen LogP contribution in [0, 0.1) is 11.8 Å². The second-order valence-corrected chi connectivity index (χ2v) is 6.39. The predicted molar refractivity (Wildman–Crippen MR) is 79.0 cm³/mol. The van der Waals surface area contributed by atoms with Gasteiger partial charge in [-0.15, -0.1) is 0 Å². The number of nitrogens with one attached hydrogen (secondary N) is 2. The minimum atomic E-state index is 0.261. The summed E-state index contributed by atoms with van der Waals surface area (Å²) >= 11 is 0. The van der Waals surface area contributed by atoms with Gasteiger partial charge >= 0.3 is 0 Å². The molecule has 2 aliphatic rings. The van der Waals surface area contributed by atoms with Crippen LogP contribution in [0.15, 0.2) is 0 Å². The van der Waals surface area contributed by atoms with E-state index in [0.29, 0.717) is 0 Å². The highest BCUT2D eigenvalue weighted by Crippen LogP contribution is 2.28. The monoisotopic (exact) mass is 266 g/mol. The molecule has 0 aromatic carbocycles. The standard InChI is InChI=1S/C16H30N2O/c19-16(10-9-15-8-3-11-17-13-15)18-12-4-7-14-5-1-2-6-14/h14-15,17H,1-13H2,(H,18,19). The Morgan fingerprint density at radius 2 is 1.84 bits per heavy atom. The lowest BCUT2D eigenvalue weighted by Crippen LogP contribution is -2.31. The molecule has 2 rings (SSSR count). The van der Waals surface area contributed by atoms with Crippen LogP contribution in [0.5, 0.6) is 0 Å². The summed E-state index contributed by atoms with van der Waals surface area (Å²) in [6.07, 6.45) is 12.5. The minimum absolute atomic E-state index is 0.261. The molecule has 1 saturated heterocycles. The molecule has 2 fully saturated rings. The van der Waals surface area contributed by atoms with Gasteiger partial charge in [0.05, 0.1) is 0 Å². The highest BCUT2D eigenvalue weighted by molar-refractivity contribution is 5.75. The third kappa shape index (κ3) is 5.94. The Kier molecular flexibility index (Phi) is 6.69. The Balaban J connectivity index is 1.45. The number of amides is 1. The first-order valence-electron chi connectivity index (χ1n) is 8.32. The van der Waals surface area contributed by atoms with Gasteiger partial charge in [0.1, 0.15) is 0 Å². The largest absolute Gasteiger partial charge is 0.356 e. The van der Waals surface area contributed by atoms with Crippen LogP contribution in [0.25, 0.3) is 0 Å². The van der Waals surface area contributed by atoms with Crippen molar-refractivity contribution >= 4 is 5.91 Å². The van der Waals surface area contributed by atoms with Crippen molar-refractivity contribution in [1.29, 1.82) is 0 Å².